The van der Waals surface area contributed by atoms with Crippen molar-refractivity contribution in [3.63, 3.8) is 0 Å². The number of hydrogen-bond donors (Lipinski definition) is 1. The molecule has 0 unspecified atom stereocenters. The Balaban J connectivity index is 1.78. The fourth-order valence-corrected chi connectivity index (χ4v) is 3.28. The molecule has 1 aromatic heterocycles. The van der Waals surface area contributed by atoms with Crippen LogP contribution < -0.4 is 10.2 Å². The van der Waals surface area contributed by atoms with Gasteiger partial charge in [-0.2, -0.15) is 0 Å². The predicted molar refractivity (Wildman–Crippen MR) is 105 cm³/mol. The molecule has 0 aliphatic carbocycles. The third-order valence-corrected chi connectivity index (χ3v) is 4.91. The maximum Gasteiger partial charge on any atom is 0.274 e. The number of piperazine rings is 1. The highest BCUT2D eigenvalue weighted by molar-refractivity contribution is 6.04. The van der Waals surface area contributed by atoms with Crippen molar-refractivity contribution in [1.82, 2.24) is 14.9 Å². The van der Waals surface area contributed by atoms with Gasteiger partial charge in [0.15, 0.2) is 0 Å². The number of benzene rings is 1. The lowest BCUT2D eigenvalue weighted by Gasteiger charge is -2.33. The molecule has 0 radical (unpaired) electrons. The third-order valence-electron chi connectivity index (χ3n) is 4.91. The Hall–Kier alpha value is -2.96. The van der Waals surface area contributed by atoms with Gasteiger partial charge in [-0.1, -0.05) is 32.0 Å². The van der Waals surface area contributed by atoms with Crippen molar-refractivity contribution in [1.29, 1.82) is 0 Å². The molecular weight excluding hydrogens is 342 g/mol. The number of carbonyl (C=O) groups is 2. The van der Waals surface area contributed by atoms with Gasteiger partial charge in [-0.3, -0.25) is 9.59 Å². The fraction of sp³-hybridized carbons (Fsp3) is 0.400. The molecule has 1 fully saturated rings. The smallest absolute Gasteiger partial charge is 0.274 e. The Labute approximate surface area is 159 Å². The molecule has 0 spiro atoms. The second-order valence-electron chi connectivity index (χ2n) is 6.50. The summed E-state index contributed by atoms with van der Waals surface area (Å²) in [6, 6.07) is 7.81. The quantitative estimate of drug-likeness (QED) is 0.792. The second-order valence-corrected chi connectivity index (χ2v) is 6.50. The van der Waals surface area contributed by atoms with Gasteiger partial charge in [-0.05, 0) is 24.0 Å². The van der Waals surface area contributed by atoms with Gasteiger partial charge in [0.1, 0.15) is 17.8 Å². The highest BCUT2D eigenvalue weighted by Crippen LogP contribution is 2.23. The molecule has 0 atom stereocenters. The largest absolute Gasteiger partial charge is 0.353 e. The van der Waals surface area contributed by atoms with Crippen LogP contribution in [0.1, 0.15) is 35.5 Å². The van der Waals surface area contributed by atoms with Gasteiger partial charge < -0.3 is 15.1 Å². The highest BCUT2D eigenvalue weighted by Gasteiger charge is 2.19. The average molecular weight is 367 g/mol. The van der Waals surface area contributed by atoms with Gasteiger partial charge in [0.05, 0.1) is 0 Å². The molecule has 142 valence electrons. The minimum atomic E-state index is -0.235. The Morgan fingerprint density at radius 1 is 1.11 bits per heavy atom. The molecule has 2 aromatic rings. The van der Waals surface area contributed by atoms with Crippen molar-refractivity contribution in [3.05, 3.63) is 47.4 Å². The van der Waals surface area contributed by atoms with Gasteiger partial charge in [0.25, 0.3) is 5.91 Å². The van der Waals surface area contributed by atoms with E-state index in [9.17, 15) is 9.59 Å². The topological polar surface area (TPSA) is 78.4 Å². The minimum Gasteiger partial charge on any atom is -0.353 e. The number of amides is 2. The number of hydrogen-bond acceptors (Lipinski definition) is 5. The lowest BCUT2D eigenvalue weighted by Crippen LogP contribution is -2.46. The number of carbonyl (C=O) groups excluding carboxylic acids is 2. The van der Waals surface area contributed by atoms with E-state index in [0.29, 0.717) is 37.7 Å². The monoisotopic (exact) mass is 367 g/mol. The van der Waals surface area contributed by atoms with Crippen LogP contribution in [0.25, 0.3) is 0 Å². The molecule has 1 saturated heterocycles. The first-order valence-corrected chi connectivity index (χ1v) is 9.34. The summed E-state index contributed by atoms with van der Waals surface area (Å²) < 4.78 is 0. The first kappa shape index (κ1) is 18.8. The number of aromatic nitrogens is 2. The van der Waals surface area contributed by atoms with E-state index in [1.54, 1.807) is 11.0 Å². The maximum absolute atomic E-state index is 12.8. The Morgan fingerprint density at radius 3 is 2.37 bits per heavy atom. The Bertz CT molecular complexity index is 794. The molecule has 1 aliphatic heterocycles. The van der Waals surface area contributed by atoms with Crippen LogP contribution in [-0.4, -0.2) is 53.4 Å². The molecular formula is C20H25N5O2. The van der Waals surface area contributed by atoms with Gasteiger partial charge in [-0.15, -0.1) is 0 Å². The number of anilines is 2. The lowest BCUT2D eigenvalue weighted by molar-refractivity contribution is -0.118. The van der Waals surface area contributed by atoms with E-state index in [-0.39, 0.29) is 5.91 Å². The van der Waals surface area contributed by atoms with Crippen molar-refractivity contribution in [3.8, 4) is 0 Å². The van der Waals surface area contributed by atoms with E-state index in [0.717, 1.165) is 36.1 Å². The molecule has 0 bridgehead atoms. The number of rotatable bonds is 6. The molecule has 7 nitrogen and oxygen atoms in total. The van der Waals surface area contributed by atoms with Crippen molar-refractivity contribution in [2.75, 3.05) is 36.4 Å². The molecule has 27 heavy (non-hydrogen) atoms. The zero-order valence-electron chi connectivity index (χ0n) is 15.8. The van der Waals surface area contributed by atoms with E-state index in [1.165, 1.54) is 6.33 Å². The summed E-state index contributed by atoms with van der Waals surface area (Å²) in [7, 11) is 0. The molecule has 2 heterocycles. The molecule has 7 heteroatoms. The first-order chi connectivity index (χ1) is 13.2. The van der Waals surface area contributed by atoms with Crippen molar-refractivity contribution in [2.45, 2.75) is 26.7 Å². The summed E-state index contributed by atoms with van der Waals surface area (Å²) in [6.45, 7) is 6.83. The minimum absolute atomic E-state index is 0.235. The normalized spacial score (nSPS) is 14.1. The molecule has 1 aliphatic rings. The van der Waals surface area contributed by atoms with Crippen LogP contribution in [0.3, 0.4) is 0 Å². The van der Waals surface area contributed by atoms with Crippen LogP contribution in [0.2, 0.25) is 0 Å². The molecule has 1 aromatic carbocycles. The Kier molecular flexibility index (Phi) is 6.01. The standard InChI is InChI=1S/C20H25N5O2/c1-3-15-6-5-7-16(4-2)19(15)23-20(27)17-12-18(22-13-21-17)25-10-8-24(14-26)9-11-25/h5-7,12-14H,3-4,8-11H2,1-2H3,(H,23,27). The molecule has 1 N–H and O–H groups in total. The van der Waals surface area contributed by atoms with Crippen molar-refractivity contribution in [2.24, 2.45) is 0 Å². The summed E-state index contributed by atoms with van der Waals surface area (Å²) in [5, 5.41) is 3.04. The van der Waals surface area contributed by atoms with Crippen molar-refractivity contribution < 1.29 is 9.59 Å². The summed E-state index contributed by atoms with van der Waals surface area (Å²) in [5.41, 5.74) is 3.45. The SMILES string of the molecule is CCc1cccc(CC)c1NC(=O)c1cc(N2CCN(C=O)CC2)ncn1. The number of nitrogens with zero attached hydrogens (tertiary/aromatic N) is 4. The summed E-state index contributed by atoms with van der Waals surface area (Å²) in [4.78, 5) is 35.9. The molecule has 3 rings (SSSR count). The number of aryl methyl sites for hydroxylation is 2. The first-order valence-electron chi connectivity index (χ1n) is 9.34. The second kappa shape index (κ2) is 8.62. The van der Waals surface area contributed by atoms with Crippen LogP contribution in [-0.2, 0) is 17.6 Å². The van der Waals surface area contributed by atoms with Crippen LogP contribution >= 0.6 is 0 Å². The number of nitrogens with one attached hydrogen (secondary N) is 1. The molecule has 2 amide bonds. The lowest BCUT2D eigenvalue weighted by atomic mass is 10.0. The van der Waals surface area contributed by atoms with Crippen LogP contribution in [0, 0.1) is 0 Å². The van der Waals surface area contributed by atoms with E-state index in [4.69, 9.17) is 0 Å². The van der Waals surface area contributed by atoms with Crippen molar-refractivity contribution >= 4 is 23.8 Å². The Morgan fingerprint density at radius 2 is 1.78 bits per heavy atom. The summed E-state index contributed by atoms with van der Waals surface area (Å²) in [5.74, 6) is 0.473. The van der Waals surface area contributed by atoms with Gasteiger partial charge in [-0.25, -0.2) is 9.97 Å². The third kappa shape index (κ3) is 4.24. The van der Waals surface area contributed by atoms with Crippen LogP contribution in [0.4, 0.5) is 11.5 Å². The van der Waals surface area contributed by atoms with Gasteiger partial charge >= 0.3 is 0 Å². The average Bonchev–Trinajstić information content (AvgIpc) is 2.74. The highest BCUT2D eigenvalue weighted by atomic mass is 16.2. The zero-order chi connectivity index (χ0) is 19.2. The maximum atomic E-state index is 12.8. The van der Waals surface area contributed by atoms with Gasteiger partial charge in [0.2, 0.25) is 6.41 Å². The van der Waals surface area contributed by atoms with E-state index >= 15 is 0 Å². The van der Waals surface area contributed by atoms with E-state index in [1.807, 2.05) is 18.2 Å². The van der Waals surface area contributed by atoms with E-state index in [2.05, 4.69) is 34.0 Å². The van der Waals surface area contributed by atoms with Crippen LogP contribution in [0.5, 0.6) is 0 Å². The number of para-hydroxylation sites is 1. The summed E-state index contributed by atoms with van der Waals surface area (Å²) >= 11 is 0. The fourth-order valence-electron chi connectivity index (χ4n) is 3.28. The summed E-state index contributed by atoms with van der Waals surface area (Å²) in [6.07, 6.45) is 3.98. The van der Waals surface area contributed by atoms with E-state index < -0.39 is 0 Å². The van der Waals surface area contributed by atoms with Gasteiger partial charge in [0, 0.05) is 37.9 Å². The predicted octanol–water partition coefficient (Wildman–Crippen LogP) is 2.13. The zero-order valence-corrected chi connectivity index (χ0v) is 15.8. The molecule has 0 saturated carbocycles. The van der Waals surface area contributed by atoms with Crippen LogP contribution in [0.15, 0.2) is 30.6 Å².